The van der Waals surface area contributed by atoms with Gasteiger partial charge in [-0.25, -0.2) is 0 Å². The fraction of sp³-hybridized carbons (Fsp3) is 0.286. The Labute approximate surface area is 119 Å². The highest BCUT2D eigenvalue weighted by Crippen LogP contribution is 2.26. The van der Waals surface area contributed by atoms with Crippen LogP contribution in [0.3, 0.4) is 0 Å². The summed E-state index contributed by atoms with van der Waals surface area (Å²) >= 11 is 5.07. The van der Waals surface area contributed by atoms with E-state index >= 15 is 0 Å². The predicted molar refractivity (Wildman–Crippen MR) is 78.3 cm³/mol. The second-order valence-electron chi connectivity index (χ2n) is 3.95. The van der Waals surface area contributed by atoms with Crippen molar-refractivity contribution < 1.29 is 9.84 Å². The summed E-state index contributed by atoms with van der Waals surface area (Å²) in [5.74, 6) is 0.840. The number of hydrogen-bond acceptors (Lipinski definition) is 3. The van der Waals surface area contributed by atoms with Crippen LogP contribution >= 0.6 is 27.3 Å². The Kier molecular flexibility index (Phi) is 4.80. The van der Waals surface area contributed by atoms with Crippen LogP contribution in [0.4, 0.5) is 0 Å². The van der Waals surface area contributed by atoms with Crippen LogP contribution in [0.25, 0.3) is 0 Å². The second kappa shape index (κ2) is 6.36. The van der Waals surface area contributed by atoms with Crippen LogP contribution in [-0.4, -0.2) is 11.7 Å². The van der Waals surface area contributed by atoms with Crippen LogP contribution < -0.4 is 4.74 Å². The molecule has 0 aliphatic carbocycles. The van der Waals surface area contributed by atoms with E-state index in [0.717, 1.165) is 15.8 Å². The van der Waals surface area contributed by atoms with E-state index in [-0.39, 0.29) is 0 Å². The molecule has 1 unspecified atom stereocenters. The molecule has 0 fully saturated rings. The number of hydrogen-bond donors (Lipinski definition) is 1. The van der Waals surface area contributed by atoms with Crippen molar-refractivity contribution in [1.82, 2.24) is 0 Å². The minimum Gasteiger partial charge on any atom is -0.494 e. The summed E-state index contributed by atoms with van der Waals surface area (Å²) in [6.45, 7) is 2.61. The zero-order valence-electron chi connectivity index (χ0n) is 10.1. The third kappa shape index (κ3) is 3.57. The molecule has 0 amide bonds. The van der Waals surface area contributed by atoms with E-state index in [1.54, 1.807) is 11.3 Å². The molecule has 18 heavy (non-hydrogen) atoms. The average molecular weight is 327 g/mol. The van der Waals surface area contributed by atoms with Gasteiger partial charge in [-0.3, -0.25) is 0 Å². The van der Waals surface area contributed by atoms with Crippen LogP contribution in [0.2, 0.25) is 0 Å². The number of halogens is 1. The van der Waals surface area contributed by atoms with Gasteiger partial charge in [-0.15, -0.1) is 11.3 Å². The lowest BCUT2D eigenvalue weighted by molar-refractivity contribution is 0.179. The molecular formula is C14H15BrO2S. The van der Waals surface area contributed by atoms with Crippen LogP contribution in [-0.2, 0) is 6.42 Å². The molecule has 0 radical (unpaired) electrons. The quantitative estimate of drug-likeness (QED) is 0.892. The second-order valence-corrected chi connectivity index (χ2v) is 5.86. The molecule has 1 atom stereocenters. The van der Waals surface area contributed by atoms with E-state index in [9.17, 15) is 5.11 Å². The van der Waals surface area contributed by atoms with Gasteiger partial charge in [-0.05, 0) is 46.6 Å². The third-order valence-corrected chi connectivity index (χ3v) is 4.31. The Morgan fingerprint density at radius 2 is 2.06 bits per heavy atom. The van der Waals surface area contributed by atoms with Gasteiger partial charge in [0.05, 0.1) is 12.7 Å². The molecule has 2 nitrogen and oxygen atoms in total. The number of ether oxygens (including phenoxy) is 1. The van der Waals surface area contributed by atoms with Gasteiger partial charge in [-0.2, -0.15) is 0 Å². The third-order valence-electron chi connectivity index (χ3n) is 2.59. The monoisotopic (exact) mass is 326 g/mol. The largest absolute Gasteiger partial charge is 0.494 e. The SMILES string of the molecule is CCOc1ccc(C(O)Cc2cc(Br)cs2)cc1. The van der Waals surface area contributed by atoms with Gasteiger partial charge in [0.25, 0.3) is 0 Å². The van der Waals surface area contributed by atoms with Gasteiger partial charge < -0.3 is 9.84 Å². The number of thiophene rings is 1. The Morgan fingerprint density at radius 1 is 1.33 bits per heavy atom. The normalized spacial score (nSPS) is 12.4. The van der Waals surface area contributed by atoms with E-state index in [2.05, 4.69) is 15.9 Å². The van der Waals surface area contributed by atoms with Gasteiger partial charge in [0.15, 0.2) is 0 Å². The van der Waals surface area contributed by atoms with E-state index < -0.39 is 6.10 Å². The van der Waals surface area contributed by atoms with Crippen molar-refractivity contribution in [3.8, 4) is 5.75 Å². The molecule has 0 spiro atoms. The number of aliphatic hydroxyl groups is 1. The maximum atomic E-state index is 10.2. The minimum atomic E-state index is -0.466. The summed E-state index contributed by atoms with van der Waals surface area (Å²) < 4.78 is 6.45. The van der Waals surface area contributed by atoms with Crippen molar-refractivity contribution in [2.45, 2.75) is 19.4 Å². The first-order valence-electron chi connectivity index (χ1n) is 5.82. The number of benzene rings is 1. The summed E-state index contributed by atoms with van der Waals surface area (Å²) in [6.07, 6.45) is 0.177. The predicted octanol–water partition coefficient (Wildman–Crippen LogP) is 4.19. The van der Waals surface area contributed by atoms with Crippen molar-refractivity contribution in [2.24, 2.45) is 0 Å². The lowest BCUT2D eigenvalue weighted by Gasteiger charge is -2.10. The maximum absolute atomic E-state index is 10.2. The van der Waals surface area contributed by atoms with Crippen LogP contribution in [0, 0.1) is 0 Å². The van der Waals surface area contributed by atoms with Gasteiger partial charge in [0.1, 0.15) is 5.75 Å². The highest BCUT2D eigenvalue weighted by molar-refractivity contribution is 9.10. The van der Waals surface area contributed by atoms with Crippen molar-refractivity contribution in [3.63, 3.8) is 0 Å². The minimum absolute atomic E-state index is 0.466. The molecule has 0 saturated heterocycles. The van der Waals surface area contributed by atoms with Crippen LogP contribution in [0.1, 0.15) is 23.5 Å². The molecule has 2 rings (SSSR count). The summed E-state index contributed by atoms with van der Waals surface area (Å²) in [6, 6.07) is 9.66. The summed E-state index contributed by atoms with van der Waals surface area (Å²) in [5.41, 5.74) is 0.919. The van der Waals surface area contributed by atoms with Gasteiger partial charge >= 0.3 is 0 Å². The molecule has 0 saturated carbocycles. The smallest absolute Gasteiger partial charge is 0.119 e. The topological polar surface area (TPSA) is 29.5 Å². The molecule has 2 aromatic rings. The first kappa shape index (κ1) is 13.6. The molecular weight excluding hydrogens is 312 g/mol. The summed E-state index contributed by atoms with van der Waals surface area (Å²) in [5, 5.41) is 12.2. The molecule has 96 valence electrons. The van der Waals surface area contributed by atoms with Crippen LogP contribution in [0.15, 0.2) is 40.2 Å². The fourth-order valence-electron chi connectivity index (χ4n) is 1.72. The molecule has 1 aromatic heterocycles. The highest BCUT2D eigenvalue weighted by atomic mass is 79.9. The maximum Gasteiger partial charge on any atom is 0.119 e. The number of rotatable bonds is 5. The van der Waals surface area contributed by atoms with E-state index in [1.165, 1.54) is 4.88 Å². The zero-order chi connectivity index (χ0) is 13.0. The van der Waals surface area contributed by atoms with Crippen molar-refractivity contribution in [1.29, 1.82) is 0 Å². The lowest BCUT2D eigenvalue weighted by atomic mass is 10.1. The van der Waals surface area contributed by atoms with Crippen molar-refractivity contribution in [3.05, 3.63) is 50.6 Å². The van der Waals surface area contributed by atoms with E-state index in [0.29, 0.717) is 13.0 Å². The van der Waals surface area contributed by atoms with Gasteiger partial charge in [-0.1, -0.05) is 12.1 Å². The average Bonchev–Trinajstić information content (AvgIpc) is 2.76. The standard InChI is InChI=1S/C14H15BrO2S/c1-2-17-12-5-3-10(4-6-12)14(16)8-13-7-11(15)9-18-13/h3-7,9,14,16H,2,8H2,1H3. The first-order chi connectivity index (χ1) is 8.69. The van der Waals surface area contributed by atoms with Crippen molar-refractivity contribution in [2.75, 3.05) is 6.61 Å². The Bertz CT molecular complexity index is 493. The Balaban J connectivity index is 2.02. The van der Waals surface area contributed by atoms with Gasteiger partial charge in [0, 0.05) is 21.2 Å². The Hall–Kier alpha value is -0.840. The van der Waals surface area contributed by atoms with Crippen molar-refractivity contribution >= 4 is 27.3 Å². The van der Waals surface area contributed by atoms with Gasteiger partial charge in [0.2, 0.25) is 0 Å². The van der Waals surface area contributed by atoms with E-state index in [4.69, 9.17) is 4.74 Å². The molecule has 0 bridgehead atoms. The lowest BCUT2D eigenvalue weighted by Crippen LogP contribution is -2.00. The molecule has 1 N–H and O–H groups in total. The summed E-state index contributed by atoms with van der Waals surface area (Å²) in [4.78, 5) is 1.17. The highest BCUT2D eigenvalue weighted by Gasteiger charge is 2.10. The molecule has 0 aliphatic heterocycles. The fourth-order valence-corrected chi connectivity index (χ4v) is 3.21. The first-order valence-corrected chi connectivity index (χ1v) is 7.50. The zero-order valence-corrected chi connectivity index (χ0v) is 12.5. The van der Waals surface area contributed by atoms with Crippen LogP contribution in [0.5, 0.6) is 5.75 Å². The van der Waals surface area contributed by atoms with E-state index in [1.807, 2.05) is 42.6 Å². The summed E-state index contributed by atoms with van der Waals surface area (Å²) in [7, 11) is 0. The molecule has 4 heteroatoms. The molecule has 1 heterocycles. The Morgan fingerprint density at radius 3 is 2.61 bits per heavy atom. The molecule has 0 aliphatic rings. The number of aliphatic hydroxyl groups excluding tert-OH is 1. The molecule has 1 aromatic carbocycles.